The maximum atomic E-state index is 12.6. The minimum Gasteiger partial charge on any atom is -0.495 e. The van der Waals surface area contributed by atoms with Crippen LogP contribution in [0.3, 0.4) is 0 Å². The fourth-order valence-electron chi connectivity index (χ4n) is 3.79. The summed E-state index contributed by atoms with van der Waals surface area (Å²) in [4.78, 5) is 17.2. The second kappa shape index (κ2) is 8.96. The maximum absolute atomic E-state index is 12.6. The van der Waals surface area contributed by atoms with Crippen LogP contribution in [0.5, 0.6) is 11.5 Å². The number of fused-ring (bicyclic) bond motifs is 1. The van der Waals surface area contributed by atoms with E-state index in [-0.39, 0.29) is 12.4 Å². The molecule has 2 heterocycles. The third-order valence-electron chi connectivity index (χ3n) is 5.45. The number of rotatable bonds is 6. The van der Waals surface area contributed by atoms with Crippen LogP contribution < -0.4 is 9.47 Å². The first-order chi connectivity index (χ1) is 16.1. The Morgan fingerprint density at radius 1 is 0.970 bits per heavy atom. The molecule has 0 spiro atoms. The van der Waals surface area contributed by atoms with Crippen LogP contribution in [0.1, 0.15) is 16.8 Å². The number of nitrogens with zero attached hydrogens (tertiary/aromatic N) is 1. The lowest BCUT2D eigenvalue weighted by atomic mass is 9.99. The Morgan fingerprint density at radius 2 is 1.76 bits per heavy atom. The number of benzene rings is 3. The van der Waals surface area contributed by atoms with Gasteiger partial charge in [0.2, 0.25) is 5.78 Å². The van der Waals surface area contributed by atoms with Crippen molar-refractivity contribution >= 4 is 39.6 Å². The van der Waals surface area contributed by atoms with Crippen molar-refractivity contribution in [1.29, 1.82) is 0 Å². The molecule has 33 heavy (non-hydrogen) atoms. The van der Waals surface area contributed by atoms with Gasteiger partial charge in [0.15, 0.2) is 6.61 Å². The van der Waals surface area contributed by atoms with Gasteiger partial charge in [0.05, 0.1) is 28.9 Å². The number of hydrogen-bond donors (Lipinski definition) is 0. The second-order valence-corrected chi connectivity index (χ2v) is 7.98. The van der Waals surface area contributed by atoms with E-state index in [1.807, 2.05) is 60.7 Å². The zero-order valence-electron chi connectivity index (χ0n) is 17.9. The van der Waals surface area contributed by atoms with Crippen LogP contribution in [-0.4, -0.2) is 24.5 Å². The second-order valence-electron chi connectivity index (χ2n) is 7.57. The predicted molar refractivity (Wildman–Crippen MR) is 128 cm³/mol. The molecule has 6 heteroatoms. The number of hydrogen-bond acceptors (Lipinski definition) is 5. The number of ether oxygens (including phenoxy) is 3. The van der Waals surface area contributed by atoms with Gasteiger partial charge in [0.1, 0.15) is 23.9 Å². The van der Waals surface area contributed by atoms with Crippen molar-refractivity contribution in [3.05, 3.63) is 101 Å². The van der Waals surface area contributed by atoms with E-state index in [1.165, 1.54) is 0 Å². The summed E-state index contributed by atoms with van der Waals surface area (Å²) in [6.07, 6.45) is 0. The predicted octanol–water partition coefficient (Wildman–Crippen LogP) is 5.94. The molecule has 0 N–H and O–H groups in total. The first-order valence-corrected chi connectivity index (χ1v) is 10.8. The molecule has 5 nitrogen and oxygen atoms in total. The van der Waals surface area contributed by atoms with Crippen LogP contribution in [-0.2, 0) is 16.1 Å². The molecule has 3 aromatic carbocycles. The molecule has 0 bridgehead atoms. The van der Waals surface area contributed by atoms with Gasteiger partial charge in [0.25, 0.3) is 0 Å². The molecule has 0 amide bonds. The Morgan fingerprint density at radius 3 is 2.58 bits per heavy atom. The minimum absolute atomic E-state index is 0.00148. The molecule has 4 aromatic rings. The molecule has 1 aliphatic rings. The Hall–Kier alpha value is -3.83. The number of carbonyl (C=O) groups is 1. The molecule has 0 saturated heterocycles. The molecule has 0 atom stereocenters. The normalized spacial score (nSPS) is 13.3. The van der Waals surface area contributed by atoms with Gasteiger partial charge in [-0.15, -0.1) is 0 Å². The van der Waals surface area contributed by atoms with Crippen LogP contribution in [0.25, 0.3) is 22.2 Å². The highest BCUT2D eigenvalue weighted by molar-refractivity contribution is 6.33. The van der Waals surface area contributed by atoms with Crippen molar-refractivity contribution in [3.63, 3.8) is 0 Å². The molecule has 1 aromatic heterocycles. The van der Waals surface area contributed by atoms with Crippen LogP contribution in [0, 0.1) is 0 Å². The molecule has 1 aliphatic heterocycles. The Bertz CT molecular complexity index is 1380. The van der Waals surface area contributed by atoms with Crippen LogP contribution in [0.15, 0.2) is 78.9 Å². The number of ketones is 1. The summed E-state index contributed by atoms with van der Waals surface area (Å²) in [7, 11) is 1.54. The summed E-state index contributed by atoms with van der Waals surface area (Å²) < 4.78 is 17.0. The molecule has 164 valence electrons. The number of pyridine rings is 1. The summed E-state index contributed by atoms with van der Waals surface area (Å²) in [5.74, 6) is 1.66. The number of methoxy groups -OCH3 is 1. The van der Waals surface area contributed by atoms with Gasteiger partial charge in [-0.05, 0) is 54.1 Å². The van der Waals surface area contributed by atoms with Gasteiger partial charge < -0.3 is 14.2 Å². The Kier molecular flexibility index (Phi) is 5.71. The highest BCUT2D eigenvalue weighted by Gasteiger charge is 2.28. The standard InChI is InChI=1S/C27H20ClNO4/c1-31-25-14-19(9-13-22(25)28)26-24(30)16-33-27(26)18-7-11-21(12-8-18)32-15-20-10-6-17-4-2-3-5-23(17)29-20/h2-14H,15-16H2,1H3. The van der Waals surface area contributed by atoms with Crippen molar-refractivity contribution in [2.75, 3.05) is 13.7 Å². The van der Waals surface area contributed by atoms with Crippen molar-refractivity contribution in [2.24, 2.45) is 0 Å². The lowest BCUT2D eigenvalue weighted by Crippen LogP contribution is -2.01. The van der Waals surface area contributed by atoms with Gasteiger partial charge >= 0.3 is 0 Å². The SMILES string of the molecule is COc1cc(C2=C(c3ccc(OCc4ccc5ccccc5n4)cc3)OCC2=O)ccc1Cl. The molecule has 0 aliphatic carbocycles. The van der Waals surface area contributed by atoms with E-state index in [0.717, 1.165) is 22.2 Å². The molecule has 0 unspecified atom stereocenters. The third kappa shape index (κ3) is 4.28. The summed E-state index contributed by atoms with van der Waals surface area (Å²) in [6, 6.07) is 24.7. The summed E-state index contributed by atoms with van der Waals surface area (Å²) >= 11 is 6.14. The average Bonchev–Trinajstić information content (AvgIpc) is 3.24. The Balaban J connectivity index is 1.37. The summed E-state index contributed by atoms with van der Waals surface area (Å²) in [5, 5.41) is 1.58. The largest absolute Gasteiger partial charge is 0.495 e. The highest BCUT2D eigenvalue weighted by atomic mass is 35.5. The first kappa shape index (κ1) is 21.0. The van der Waals surface area contributed by atoms with Gasteiger partial charge in [-0.25, -0.2) is 4.98 Å². The topological polar surface area (TPSA) is 57.6 Å². The Labute approximate surface area is 196 Å². The summed E-state index contributed by atoms with van der Waals surface area (Å²) in [5.41, 5.74) is 3.80. The lowest BCUT2D eigenvalue weighted by molar-refractivity contribution is -0.114. The zero-order valence-corrected chi connectivity index (χ0v) is 18.6. The van der Waals surface area contributed by atoms with E-state index in [2.05, 4.69) is 4.98 Å². The number of Topliss-reactive ketones (excluding diaryl/α,β-unsaturated/α-hetero) is 1. The average molecular weight is 458 g/mol. The van der Waals surface area contributed by atoms with Crippen molar-refractivity contribution in [1.82, 2.24) is 4.98 Å². The molecule has 0 saturated carbocycles. The van der Waals surface area contributed by atoms with E-state index in [9.17, 15) is 4.79 Å². The molecule has 0 radical (unpaired) electrons. The zero-order chi connectivity index (χ0) is 22.8. The fraction of sp³-hybridized carbons (Fsp3) is 0.111. The van der Waals surface area contributed by atoms with Crippen LogP contribution >= 0.6 is 11.6 Å². The number of carbonyl (C=O) groups excluding carboxylic acids is 1. The first-order valence-electron chi connectivity index (χ1n) is 10.4. The fourth-order valence-corrected chi connectivity index (χ4v) is 3.99. The summed E-state index contributed by atoms with van der Waals surface area (Å²) in [6.45, 7) is 0.360. The quantitative estimate of drug-likeness (QED) is 0.358. The van der Waals surface area contributed by atoms with Crippen molar-refractivity contribution in [2.45, 2.75) is 6.61 Å². The van der Waals surface area contributed by atoms with Gasteiger partial charge in [-0.2, -0.15) is 0 Å². The molecule has 5 rings (SSSR count). The lowest BCUT2D eigenvalue weighted by Gasteiger charge is -2.10. The smallest absolute Gasteiger partial charge is 0.204 e. The third-order valence-corrected chi connectivity index (χ3v) is 5.76. The minimum atomic E-state index is -0.0860. The highest BCUT2D eigenvalue weighted by Crippen LogP contribution is 2.36. The van der Waals surface area contributed by atoms with Crippen molar-refractivity contribution in [3.8, 4) is 11.5 Å². The van der Waals surface area contributed by atoms with E-state index in [4.69, 9.17) is 25.8 Å². The van der Waals surface area contributed by atoms with Gasteiger partial charge in [-0.1, -0.05) is 41.9 Å². The van der Waals surface area contributed by atoms with E-state index >= 15 is 0 Å². The molecule has 0 fully saturated rings. The van der Waals surface area contributed by atoms with Crippen LogP contribution in [0.2, 0.25) is 5.02 Å². The maximum Gasteiger partial charge on any atom is 0.204 e. The number of para-hydroxylation sites is 1. The number of halogens is 1. The van der Waals surface area contributed by atoms with Crippen molar-refractivity contribution < 1.29 is 19.0 Å². The van der Waals surface area contributed by atoms with Gasteiger partial charge in [-0.3, -0.25) is 4.79 Å². The van der Waals surface area contributed by atoms with Crippen LogP contribution in [0.4, 0.5) is 0 Å². The monoisotopic (exact) mass is 457 g/mol. The number of aromatic nitrogens is 1. The van der Waals surface area contributed by atoms with E-state index in [0.29, 0.717) is 40.0 Å². The van der Waals surface area contributed by atoms with Gasteiger partial charge in [0, 0.05) is 10.9 Å². The van der Waals surface area contributed by atoms with E-state index < -0.39 is 0 Å². The van der Waals surface area contributed by atoms with E-state index in [1.54, 1.807) is 25.3 Å². The molecular formula is C27H20ClNO4. The molecular weight excluding hydrogens is 438 g/mol.